The van der Waals surface area contributed by atoms with Gasteiger partial charge in [-0.25, -0.2) is 4.98 Å². The quantitative estimate of drug-likeness (QED) is 0.905. The van der Waals surface area contributed by atoms with Crippen molar-refractivity contribution in [1.82, 2.24) is 14.9 Å². The molecule has 104 valence electrons. The minimum absolute atomic E-state index is 0.0677. The molecule has 1 aliphatic rings. The average molecular weight is 289 g/mol. The fourth-order valence-electron chi connectivity index (χ4n) is 2.44. The number of rotatable bonds is 2. The van der Waals surface area contributed by atoms with Crippen molar-refractivity contribution in [2.24, 2.45) is 0 Å². The van der Waals surface area contributed by atoms with Crippen molar-refractivity contribution in [3.63, 3.8) is 0 Å². The molecule has 2 aromatic rings. The normalized spacial score (nSPS) is 14.2. The molecule has 2 aromatic heterocycles. The van der Waals surface area contributed by atoms with Gasteiger partial charge < -0.3 is 9.88 Å². The summed E-state index contributed by atoms with van der Waals surface area (Å²) in [4.78, 5) is 34.0. The highest BCUT2D eigenvalue weighted by atomic mass is 32.1. The zero-order valence-corrected chi connectivity index (χ0v) is 12.0. The van der Waals surface area contributed by atoms with Gasteiger partial charge in [0, 0.05) is 17.8 Å². The molecule has 0 unspecified atom stereocenters. The van der Waals surface area contributed by atoms with E-state index < -0.39 is 0 Å². The summed E-state index contributed by atoms with van der Waals surface area (Å²) < 4.78 is 0. The second-order valence-corrected chi connectivity index (χ2v) is 5.93. The molecule has 3 heterocycles. The van der Waals surface area contributed by atoms with Gasteiger partial charge in [0.1, 0.15) is 5.82 Å². The molecule has 0 spiro atoms. The number of aromatic nitrogens is 2. The van der Waals surface area contributed by atoms with Crippen LogP contribution in [0.2, 0.25) is 0 Å². The minimum Gasteiger partial charge on any atom is -0.337 e. The van der Waals surface area contributed by atoms with E-state index in [0.29, 0.717) is 37.3 Å². The Morgan fingerprint density at radius 2 is 2.40 bits per heavy atom. The number of hydrogen-bond acceptors (Lipinski definition) is 4. The van der Waals surface area contributed by atoms with Crippen LogP contribution in [0.3, 0.4) is 0 Å². The van der Waals surface area contributed by atoms with Crippen LogP contribution in [-0.4, -0.2) is 27.3 Å². The second kappa shape index (κ2) is 5.20. The van der Waals surface area contributed by atoms with Crippen LogP contribution < -0.4 is 5.56 Å². The zero-order valence-electron chi connectivity index (χ0n) is 11.2. The lowest BCUT2D eigenvalue weighted by Crippen LogP contribution is -2.40. The third kappa shape index (κ3) is 2.51. The molecular weight excluding hydrogens is 274 g/mol. The Balaban J connectivity index is 1.78. The van der Waals surface area contributed by atoms with E-state index in [4.69, 9.17) is 0 Å². The molecule has 1 N–H and O–H groups in total. The van der Waals surface area contributed by atoms with Gasteiger partial charge in [-0.2, -0.15) is 0 Å². The topological polar surface area (TPSA) is 66.1 Å². The number of nitrogens with one attached hydrogen (secondary N) is 1. The van der Waals surface area contributed by atoms with Gasteiger partial charge in [0.2, 0.25) is 5.91 Å². The third-order valence-corrected chi connectivity index (χ3v) is 4.32. The second-order valence-electron chi connectivity index (χ2n) is 4.90. The number of thiophene rings is 1. The van der Waals surface area contributed by atoms with Crippen LogP contribution in [0.5, 0.6) is 0 Å². The van der Waals surface area contributed by atoms with E-state index in [1.54, 1.807) is 23.2 Å². The van der Waals surface area contributed by atoms with Crippen molar-refractivity contribution in [2.45, 2.75) is 26.3 Å². The molecule has 1 aliphatic heterocycles. The van der Waals surface area contributed by atoms with E-state index in [0.717, 1.165) is 10.6 Å². The summed E-state index contributed by atoms with van der Waals surface area (Å²) in [5.41, 5.74) is 1.33. The summed E-state index contributed by atoms with van der Waals surface area (Å²) in [5, 5.41) is 1.96. The molecule has 1 amide bonds. The molecule has 0 aromatic carbocycles. The molecule has 0 atom stereocenters. The number of aromatic amines is 1. The molecule has 0 bridgehead atoms. The summed E-state index contributed by atoms with van der Waals surface area (Å²) in [6.07, 6.45) is 1.06. The van der Waals surface area contributed by atoms with Crippen LogP contribution in [0.4, 0.5) is 0 Å². The first-order chi connectivity index (χ1) is 9.63. The Morgan fingerprint density at radius 1 is 1.55 bits per heavy atom. The molecule has 6 heteroatoms. The van der Waals surface area contributed by atoms with E-state index >= 15 is 0 Å². The van der Waals surface area contributed by atoms with E-state index in [1.807, 2.05) is 17.5 Å². The lowest BCUT2D eigenvalue weighted by molar-refractivity contribution is -0.131. The van der Waals surface area contributed by atoms with Gasteiger partial charge in [-0.3, -0.25) is 9.59 Å². The molecule has 3 rings (SSSR count). The molecule has 5 nitrogen and oxygen atoms in total. The van der Waals surface area contributed by atoms with Gasteiger partial charge in [0.05, 0.1) is 24.2 Å². The predicted molar refractivity (Wildman–Crippen MR) is 76.7 cm³/mol. The van der Waals surface area contributed by atoms with Gasteiger partial charge in [0.25, 0.3) is 5.56 Å². The number of carbonyl (C=O) groups excluding carboxylic acids is 1. The van der Waals surface area contributed by atoms with Gasteiger partial charge in [-0.1, -0.05) is 6.07 Å². The summed E-state index contributed by atoms with van der Waals surface area (Å²) >= 11 is 1.58. The number of carbonyl (C=O) groups is 1. The molecule has 0 fully saturated rings. The smallest absolute Gasteiger partial charge is 0.256 e. The molecule has 0 saturated heterocycles. The van der Waals surface area contributed by atoms with E-state index in [2.05, 4.69) is 9.97 Å². The number of nitrogens with zero attached hydrogens (tertiary/aromatic N) is 2. The van der Waals surface area contributed by atoms with Crippen molar-refractivity contribution in [3.8, 4) is 0 Å². The maximum Gasteiger partial charge on any atom is 0.256 e. The zero-order chi connectivity index (χ0) is 14.1. The van der Waals surface area contributed by atoms with Crippen LogP contribution in [0.25, 0.3) is 0 Å². The van der Waals surface area contributed by atoms with Crippen molar-refractivity contribution in [3.05, 3.63) is 49.8 Å². The molecule has 0 saturated carbocycles. The fourth-order valence-corrected chi connectivity index (χ4v) is 3.13. The number of fused-ring (bicyclic) bond motifs is 1. The molecular formula is C14H15N3O2S. The van der Waals surface area contributed by atoms with E-state index in [-0.39, 0.29) is 11.5 Å². The first-order valence-electron chi connectivity index (χ1n) is 6.52. The minimum atomic E-state index is -0.124. The third-order valence-electron chi connectivity index (χ3n) is 3.45. The van der Waals surface area contributed by atoms with Gasteiger partial charge >= 0.3 is 0 Å². The first kappa shape index (κ1) is 13.1. The Labute approximate surface area is 120 Å². The molecule has 20 heavy (non-hydrogen) atoms. The lowest BCUT2D eigenvalue weighted by Gasteiger charge is -2.27. The van der Waals surface area contributed by atoms with Gasteiger partial charge in [-0.15, -0.1) is 11.3 Å². The van der Waals surface area contributed by atoms with Crippen molar-refractivity contribution in [1.29, 1.82) is 0 Å². The van der Waals surface area contributed by atoms with E-state index in [1.165, 1.54) is 0 Å². The lowest BCUT2D eigenvalue weighted by atomic mass is 10.1. The largest absolute Gasteiger partial charge is 0.337 e. The maximum absolute atomic E-state index is 12.3. The van der Waals surface area contributed by atoms with Crippen LogP contribution >= 0.6 is 11.3 Å². The molecule has 0 radical (unpaired) electrons. The standard InChI is InChI=1S/C14H15N3O2S/c1-9-15-12-4-5-17(8-11(12)14(19)16-9)13(18)7-10-3-2-6-20-10/h2-3,6H,4-5,7-8H2,1H3,(H,15,16,19). The Hall–Kier alpha value is -1.95. The maximum atomic E-state index is 12.3. The van der Waals surface area contributed by atoms with E-state index in [9.17, 15) is 9.59 Å². The summed E-state index contributed by atoms with van der Waals surface area (Å²) in [7, 11) is 0. The summed E-state index contributed by atoms with van der Waals surface area (Å²) in [6, 6.07) is 3.90. The Kier molecular flexibility index (Phi) is 3.40. The highest BCUT2D eigenvalue weighted by Gasteiger charge is 2.24. The summed E-state index contributed by atoms with van der Waals surface area (Å²) in [5.74, 6) is 0.699. The van der Waals surface area contributed by atoms with Crippen LogP contribution in [0, 0.1) is 6.92 Å². The number of H-pyrrole nitrogens is 1. The van der Waals surface area contributed by atoms with Gasteiger partial charge in [0.15, 0.2) is 0 Å². The summed E-state index contributed by atoms with van der Waals surface area (Å²) in [6.45, 7) is 2.77. The van der Waals surface area contributed by atoms with Crippen molar-refractivity contribution >= 4 is 17.2 Å². The van der Waals surface area contributed by atoms with Crippen LogP contribution in [0.1, 0.15) is 22.0 Å². The van der Waals surface area contributed by atoms with Crippen LogP contribution in [-0.2, 0) is 24.2 Å². The Morgan fingerprint density at radius 3 is 3.15 bits per heavy atom. The first-order valence-corrected chi connectivity index (χ1v) is 7.40. The van der Waals surface area contributed by atoms with Gasteiger partial charge in [-0.05, 0) is 18.4 Å². The monoisotopic (exact) mass is 289 g/mol. The van der Waals surface area contributed by atoms with Crippen molar-refractivity contribution < 1.29 is 4.79 Å². The highest BCUT2D eigenvalue weighted by molar-refractivity contribution is 7.10. The number of amides is 1. The molecule has 0 aliphatic carbocycles. The Bertz CT molecular complexity index is 691. The average Bonchev–Trinajstić information content (AvgIpc) is 2.91. The van der Waals surface area contributed by atoms with Crippen LogP contribution in [0.15, 0.2) is 22.3 Å². The SMILES string of the molecule is Cc1nc2c(c(=O)[nH]1)CN(C(=O)Cc1cccs1)CC2. The predicted octanol–water partition coefficient (Wildman–Crippen LogP) is 1.27. The fraction of sp³-hybridized carbons (Fsp3) is 0.357. The van der Waals surface area contributed by atoms with Crippen molar-refractivity contribution in [2.75, 3.05) is 6.54 Å². The highest BCUT2D eigenvalue weighted by Crippen LogP contribution is 2.16. The number of hydrogen-bond donors (Lipinski definition) is 1. The number of aryl methyl sites for hydroxylation is 1.